The maximum atomic E-state index is 5.98. The van der Waals surface area contributed by atoms with Crippen molar-refractivity contribution in [3.63, 3.8) is 0 Å². The maximum absolute atomic E-state index is 5.98. The normalized spacial score (nSPS) is 11.5. The van der Waals surface area contributed by atoms with Crippen molar-refractivity contribution >= 4 is 24.3 Å². The second kappa shape index (κ2) is 26.7. The number of ether oxygens (including phenoxy) is 2. The average Bonchev–Trinajstić information content (AvgIpc) is 3.12. The molecule has 3 aromatic rings. The van der Waals surface area contributed by atoms with Crippen LogP contribution in [0.5, 0.6) is 11.5 Å². The van der Waals surface area contributed by atoms with E-state index in [4.69, 9.17) is 9.47 Å². The molecule has 0 bridgehead atoms. The van der Waals surface area contributed by atoms with Gasteiger partial charge in [-0.05, 0) is 59.4 Å². The topological polar surface area (TPSA) is 18.5 Å². The standard InChI is InChI=1S/C46H66O2/c1-3-5-7-9-11-13-15-17-19-21-39-47-45-35-31-43(32-36-45)29-27-41-23-25-42(26-24-41)28-30-44-33-37-46(38-34-44)48-40-22-20-18-16-14-12-10-8-6-4-2/h23-38H,3-22,39-40H2,1-2H3/b29-27+,30-28+. The molecule has 3 rings (SSSR count). The van der Waals surface area contributed by atoms with Gasteiger partial charge in [0.15, 0.2) is 0 Å². The Labute approximate surface area is 295 Å². The lowest BCUT2D eigenvalue weighted by Gasteiger charge is -2.07. The smallest absolute Gasteiger partial charge is 0.119 e. The SMILES string of the molecule is CCCCCCCCCCCCOc1ccc(/C=C/c2ccc(/C=C/c3ccc(OCCCCCCCCCCCC)cc3)cc2)cc1. The molecule has 0 aliphatic rings. The van der Waals surface area contributed by atoms with E-state index in [1.54, 1.807) is 0 Å². The average molecular weight is 651 g/mol. The van der Waals surface area contributed by atoms with Crippen molar-refractivity contribution < 1.29 is 9.47 Å². The molecule has 0 saturated heterocycles. The zero-order valence-corrected chi connectivity index (χ0v) is 30.6. The Kier molecular flexibility index (Phi) is 21.8. The van der Waals surface area contributed by atoms with Gasteiger partial charge in [-0.15, -0.1) is 0 Å². The first-order chi connectivity index (χ1) is 23.8. The molecule has 262 valence electrons. The summed E-state index contributed by atoms with van der Waals surface area (Å²) in [6.45, 7) is 6.19. The first kappa shape index (κ1) is 39.2. The molecule has 0 spiro atoms. The lowest BCUT2D eigenvalue weighted by atomic mass is 10.1. The molecular weight excluding hydrogens is 585 g/mol. The monoisotopic (exact) mass is 651 g/mol. The Balaban J connectivity index is 1.26. The van der Waals surface area contributed by atoms with E-state index in [0.29, 0.717) is 0 Å². The van der Waals surface area contributed by atoms with Crippen molar-refractivity contribution in [3.05, 3.63) is 95.1 Å². The van der Waals surface area contributed by atoms with Crippen LogP contribution in [0.1, 0.15) is 165 Å². The molecule has 0 aromatic heterocycles. The Morgan fingerprint density at radius 1 is 0.312 bits per heavy atom. The van der Waals surface area contributed by atoms with Crippen LogP contribution in [0.25, 0.3) is 24.3 Å². The minimum absolute atomic E-state index is 0.811. The first-order valence-electron chi connectivity index (χ1n) is 19.7. The van der Waals surface area contributed by atoms with Gasteiger partial charge >= 0.3 is 0 Å². The summed E-state index contributed by atoms with van der Waals surface area (Å²) in [7, 11) is 0. The highest BCUT2D eigenvalue weighted by Crippen LogP contribution is 2.19. The van der Waals surface area contributed by atoms with Crippen LogP contribution >= 0.6 is 0 Å². The van der Waals surface area contributed by atoms with E-state index in [1.165, 1.54) is 138 Å². The van der Waals surface area contributed by atoms with E-state index in [-0.39, 0.29) is 0 Å². The highest BCUT2D eigenvalue weighted by molar-refractivity contribution is 5.73. The number of hydrogen-bond donors (Lipinski definition) is 0. The summed E-state index contributed by atoms with van der Waals surface area (Å²) >= 11 is 0. The van der Waals surface area contributed by atoms with Gasteiger partial charge in [-0.3, -0.25) is 0 Å². The predicted molar refractivity (Wildman–Crippen MR) is 212 cm³/mol. The maximum Gasteiger partial charge on any atom is 0.119 e. The van der Waals surface area contributed by atoms with Crippen molar-refractivity contribution in [1.29, 1.82) is 0 Å². The molecule has 0 aliphatic heterocycles. The summed E-state index contributed by atoms with van der Waals surface area (Å²) in [4.78, 5) is 0. The minimum Gasteiger partial charge on any atom is -0.494 e. The van der Waals surface area contributed by atoms with Crippen LogP contribution in [-0.4, -0.2) is 13.2 Å². The number of unbranched alkanes of at least 4 members (excludes halogenated alkanes) is 18. The highest BCUT2D eigenvalue weighted by atomic mass is 16.5. The molecule has 0 amide bonds. The van der Waals surface area contributed by atoms with Gasteiger partial charge in [-0.25, -0.2) is 0 Å². The van der Waals surface area contributed by atoms with Gasteiger partial charge in [0.2, 0.25) is 0 Å². The molecule has 0 unspecified atom stereocenters. The minimum atomic E-state index is 0.811. The quantitative estimate of drug-likeness (QED) is 0.0575. The lowest BCUT2D eigenvalue weighted by molar-refractivity contribution is 0.304. The molecule has 0 N–H and O–H groups in total. The van der Waals surface area contributed by atoms with Crippen LogP contribution in [0.4, 0.5) is 0 Å². The van der Waals surface area contributed by atoms with Crippen LogP contribution < -0.4 is 9.47 Å². The Bertz CT molecular complexity index is 1120. The summed E-state index contributed by atoms with van der Waals surface area (Å²) in [5, 5.41) is 0. The van der Waals surface area contributed by atoms with Gasteiger partial charge in [-0.1, -0.05) is 202 Å². The van der Waals surface area contributed by atoms with Crippen molar-refractivity contribution in [1.82, 2.24) is 0 Å². The van der Waals surface area contributed by atoms with Crippen LogP contribution in [0.2, 0.25) is 0 Å². The third kappa shape index (κ3) is 18.9. The molecule has 0 aliphatic carbocycles. The third-order valence-electron chi connectivity index (χ3n) is 9.17. The number of benzene rings is 3. The molecule has 2 nitrogen and oxygen atoms in total. The van der Waals surface area contributed by atoms with Crippen LogP contribution in [-0.2, 0) is 0 Å². The zero-order chi connectivity index (χ0) is 33.7. The van der Waals surface area contributed by atoms with Crippen molar-refractivity contribution in [2.24, 2.45) is 0 Å². The highest BCUT2D eigenvalue weighted by Gasteiger charge is 1.98. The van der Waals surface area contributed by atoms with Gasteiger partial charge in [0.05, 0.1) is 13.2 Å². The summed E-state index contributed by atoms with van der Waals surface area (Å²) in [6, 6.07) is 25.6. The molecule has 0 radical (unpaired) electrons. The molecule has 2 heteroatoms. The van der Waals surface area contributed by atoms with Gasteiger partial charge in [0.25, 0.3) is 0 Å². The predicted octanol–water partition coefficient (Wildman–Crippen LogP) is 14.6. The van der Waals surface area contributed by atoms with Crippen LogP contribution in [0, 0.1) is 0 Å². The van der Waals surface area contributed by atoms with Crippen LogP contribution in [0.15, 0.2) is 72.8 Å². The summed E-state index contributed by atoms with van der Waals surface area (Å²) < 4.78 is 12.0. The van der Waals surface area contributed by atoms with E-state index in [9.17, 15) is 0 Å². The van der Waals surface area contributed by atoms with Crippen molar-refractivity contribution in [3.8, 4) is 11.5 Å². The molecule has 0 atom stereocenters. The van der Waals surface area contributed by atoms with Crippen molar-refractivity contribution in [2.45, 2.75) is 142 Å². The van der Waals surface area contributed by atoms with E-state index in [2.05, 4.69) is 111 Å². The van der Waals surface area contributed by atoms with E-state index < -0.39 is 0 Å². The first-order valence-corrected chi connectivity index (χ1v) is 19.7. The Morgan fingerprint density at radius 2 is 0.542 bits per heavy atom. The van der Waals surface area contributed by atoms with E-state index >= 15 is 0 Å². The Hall–Kier alpha value is -3.26. The molecule has 0 heterocycles. The second-order valence-electron chi connectivity index (χ2n) is 13.5. The summed E-state index contributed by atoms with van der Waals surface area (Å²) in [6.07, 6.45) is 35.6. The zero-order valence-electron chi connectivity index (χ0n) is 30.6. The largest absolute Gasteiger partial charge is 0.494 e. The van der Waals surface area contributed by atoms with Gasteiger partial charge in [0, 0.05) is 0 Å². The fourth-order valence-corrected chi connectivity index (χ4v) is 6.01. The van der Waals surface area contributed by atoms with Gasteiger partial charge in [0.1, 0.15) is 11.5 Å². The molecule has 48 heavy (non-hydrogen) atoms. The molecular formula is C46H66O2. The molecule has 0 fully saturated rings. The fraction of sp³-hybridized carbons (Fsp3) is 0.522. The fourth-order valence-electron chi connectivity index (χ4n) is 6.01. The molecule has 0 saturated carbocycles. The molecule has 3 aromatic carbocycles. The van der Waals surface area contributed by atoms with Gasteiger partial charge in [-0.2, -0.15) is 0 Å². The van der Waals surface area contributed by atoms with E-state index in [0.717, 1.165) is 37.6 Å². The third-order valence-corrected chi connectivity index (χ3v) is 9.17. The van der Waals surface area contributed by atoms with Gasteiger partial charge < -0.3 is 9.47 Å². The lowest BCUT2D eigenvalue weighted by Crippen LogP contribution is -1.97. The van der Waals surface area contributed by atoms with Crippen LogP contribution in [0.3, 0.4) is 0 Å². The summed E-state index contributed by atoms with van der Waals surface area (Å²) in [5.74, 6) is 1.93. The van der Waals surface area contributed by atoms with E-state index in [1.807, 2.05) is 0 Å². The summed E-state index contributed by atoms with van der Waals surface area (Å²) in [5.41, 5.74) is 4.75. The second-order valence-corrected chi connectivity index (χ2v) is 13.5. The van der Waals surface area contributed by atoms with Crippen molar-refractivity contribution in [2.75, 3.05) is 13.2 Å². The number of hydrogen-bond acceptors (Lipinski definition) is 2. The number of rotatable bonds is 28. The Morgan fingerprint density at radius 3 is 0.812 bits per heavy atom.